The van der Waals surface area contributed by atoms with E-state index in [4.69, 9.17) is 9.26 Å². The summed E-state index contributed by atoms with van der Waals surface area (Å²) in [7, 11) is -3.52. The van der Waals surface area contributed by atoms with Crippen molar-refractivity contribution in [3.8, 4) is 0 Å². The first-order valence-corrected chi connectivity index (χ1v) is 6.91. The molecule has 0 aromatic carbocycles. The second kappa shape index (κ2) is 4.40. The maximum atomic E-state index is 12.4. The number of sulfonamides is 1. The number of aryl methyl sites for hydroxylation is 2. The highest BCUT2D eigenvalue weighted by atomic mass is 32.2. The van der Waals surface area contributed by atoms with Crippen LogP contribution in [0.15, 0.2) is 9.42 Å². The van der Waals surface area contributed by atoms with Gasteiger partial charge in [0.1, 0.15) is 10.6 Å². The Balaban J connectivity index is 2.36. The molecule has 0 aliphatic carbocycles. The molecule has 0 saturated carbocycles. The summed E-state index contributed by atoms with van der Waals surface area (Å²) in [6, 6.07) is 0. The molecule has 2 heterocycles. The van der Waals surface area contributed by atoms with Gasteiger partial charge in [-0.1, -0.05) is 5.16 Å². The Bertz CT molecular complexity index is 489. The van der Waals surface area contributed by atoms with Crippen molar-refractivity contribution in [3.63, 3.8) is 0 Å². The molecule has 0 amide bonds. The first-order valence-electron chi connectivity index (χ1n) is 5.47. The zero-order valence-corrected chi connectivity index (χ0v) is 11.0. The van der Waals surface area contributed by atoms with E-state index in [1.165, 1.54) is 4.31 Å². The zero-order valence-electron chi connectivity index (χ0n) is 10.1. The van der Waals surface area contributed by atoms with Gasteiger partial charge in [0.2, 0.25) is 10.0 Å². The maximum absolute atomic E-state index is 12.4. The normalized spacial score (nSPS) is 22.9. The summed E-state index contributed by atoms with van der Waals surface area (Å²) < 4.78 is 36.5. The summed E-state index contributed by atoms with van der Waals surface area (Å²) in [4.78, 5) is 0.187. The van der Waals surface area contributed by atoms with E-state index < -0.39 is 10.0 Å². The van der Waals surface area contributed by atoms with Crippen LogP contribution in [0.1, 0.15) is 18.4 Å². The second-order valence-electron chi connectivity index (χ2n) is 4.20. The van der Waals surface area contributed by atoms with Gasteiger partial charge in [0.25, 0.3) is 0 Å². The van der Waals surface area contributed by atoms with Crippen LogP contribution in [-0.2, 0) is 14.8 Å². The minimum atomic E-state index is -3.52. The lowest BCUT2D eigenvalue weighted by Crippen LogP contribution is -2.44. The quantitative estimate of drug-likeness (QED) is 0.782. The second-order valence-corrected chi connectivity index (χ2v) is 6.07. The van der Waals surface area contributed by atoms with Gasteiger partial charge in [-0.15, -0.1) is 0 Å². The van der Waals surface area contributed by atoms with Crippen molar-refractivity contribution in [2.24, 2.45) is 0 Å². The van der Waals surface area contributed by atoms with Gasteiger partial charge in [-0.3, -0.25) is 0 Å². The number of rotatable bonds is 2. The molecule has 1 fully saturated rings. The molecule has 7 heteroatoms. The molecule has 0 spiro atoms. The van der Waals surface area contributed by atoms with Crippen molar-refractivity contribution >= 4 is 10.0 Å². The smallest absolute Gasteiger partial charge is 0.248 e. The predicted octanol–water partition coefficient (Wildman–Crippen LogP) is 0.701. The molecule has 0 radical (unpaired) electrons. The van der Waals surface area contributed by atoms with Crippen LogP contribution in [0.25, 0.3) is 0 Å². The lowest BCUT2D eigenvalue weighted by Gasteiger charge is -2.30. The Morgan fingerprint density at radius 2 is 2.12 bits per heavy atom. The van der Waals surface area contributed by atoms with Crippen LogP contribution in [0, 0.1) is 13.8 Å². The van der Waals surface area contributed by atoms with Crippen LogP contribution in [0.2, 0.25) is 0 Å². The fraction of sp³-hybridized carbons (Fsp3) is 0.700. The Hall–Kier alpha value is -0.920. The van der Waals surface area contributed by atoms with E-state index in [0.717, 1.165) is 0 Å². The average Bonchev–Trinajstić information content (AvgIpc) is 2.59. The molecule has 6 nitrogen and oxygen atoms in total. The average molecular weight is 260 g/mol. The van der Waals surface area contributed by atoms with Gasteiger partial charge in [0.15, 0.2) is 5.76 Å². The summed E-state index contributed by atoms with van der Waals surface area (Å²) in [5, 5.41) is 3.68. The molecular formula is C10H16N2O4S. The molecule has 0 bridgehead atoms. The zero-order chi connectivity index (χ0) is 12.6. The molecule has 96 valence electrons. The summed E-state index contributed by atoms with van der Waals surface area (Å²) in [6.45, 7) is 6.26. The van der Waals surface area contributed by atoms with E-state index >= 15 is 0 Å². The van der Waals surface area contributed by atoms with Crippen molar-refractivity contribution in [2.45, 2.75) is 31.8 Å². The SMILES string of the molecule is Cc1noc(C)c1S(=O)(=O)N1CCOC(C)C1. The van der Waals surface area contributed by atoms with Crippen molar-refractivity contribution in [3.05, 3.63) is 11.5 Å². The largest absolute Gasteiger partial charge is 0.376 e. The fourth-order valence-corrected chi connectivity index (χ4v) is 3.77. The van der Waals surface area contributed by atoms with Gasteiger partial charge in [-0.25, -0.2) is 8.42 Å². The number of morpholine rings is 1. The third-order valence-electron chi connectivity index (χ3n) is 2.77. The Labute approximate surface area is 101 Å². The Kier molecular flexibility index (Phi) is 3.24. The van der Waals surface area contributed by atoms with Crippen LogP contribution in [0.5, 0.6) is 0 Å². The van der Waals surface area contributed by atoms with Gasteiger partial charge < -0.3 is 9.26 Å². The van der Waals surface area contributed by atoms with Crippen LogP contribution < -0.4 is 0 Å². The van der Waals surface area contributed by atoms with Crippen LogP contribution >= 0.6 is 0 Å². The highest BCUT2D eigenvalue weighted by Crippen LogP contribution is 2.24. The first kappa shape index (κ1) is 12.5. The van der Waals surface area contributed by atoms with E-state index in [1.807, 2.05) is 6.92 Å². The van der Waals surface area contributed by atoms with Crippen LogP contribution in [-0.4, -0.2) is 43.7 Å². The molecule has 1 atom stereocenters. The van der Waals surface area contributed by atoms with Crippen molar-refractivity contribution in [1.82, 2.24) is 9.46 Å². The molecule has 1 aromatic rings. The lowest BCUT2D eigenvalue weighted by atomic mass is 10.3. The minimum Gasteiger partial charge on any atom is -0.376 e. The van der Waals surface area contributed by atoms with Crippen molar-refractivity contribution < 1.29 is 17.7 Å². The number of ether oxygens (including phenoxy) is 1. The van der Waals surface area contributed by atoms with E-state index in [9.17, 15) is 8.42 Å². The number of hydrogen-bond acceptors (Lipinski definition) is 5. The molecule has 1 aliphatic heterocycles. The summed E-state index contributed by atoms with van der Waals surface area (Å²) in [5.41, 5.74) is 0.404. The first-order chi connectivity index (χ1) is 7.93. The molecule has 1 unspecified atom stereocenters. The molecule has 1 aromatic heterocycles. The number of hydrogen-bond donors (Lipinski definition) is 0. The van der Waals surface area contributed by atoms with Crippen LogP contribution in [0.4, 0.5) is 0 Å². The summed E-state index contributed by atoms with van der Waals surface area (Å²) in [6.07, 6.45) is -0.0843. The predicted molar refractivity (Wildman–Crippen MR) is 60.1 cm³/mol. The molecule has 2 rings (SSSR count). The Morgan fingerprint density at radius 1 is 1.41 bits per heavy atom. The van der Waals surface area contributed by atoms with Crippen molar-refractivity contribution in [1.29, 1.82) is 0 Å². The van der Waals surface area contributed by atoms with E-state index in [-0.39, 0.29) is 11.0 Å². The minimum absolute atomic E-state index is 0.0843. The fourth-order valence-electron chi connectivity index (χ4n) is 1.98. The third-order valence-corrected chi connectivity index (χ3v) is 4.88. The molecule has 0 N–H and O–H groups in total. The van der Waals surface area contributed by atoms with Gasteiger partial charge in [-0.2, -0.15) is 4.31 Å². The Morgan fingerprint density at radius 3 is 2.65 bits per heavy atom. The van der Waals surface area contributed by atoms with Gasteiger partial charge in [0.05, 0.1) is 12.7 Å². The number of aromatic nitrogens is 1. The molecule has 1 aliphatic rings. The number of nitrogens with zero attached hydrogens (tertiary/aromatic N) is 2. The highest BCUT2D eigenvalue weighted by molar-refractivity contribution is 7.89. The lowest BCUT2D eigenvalue weighted by molar-refractivity contribution is 0.0101. The van der Waals surface area contributed by atoms with Gasteiger partial charge in [0, 0.05) is 13.1 Å². The van der Waals surface area contributed by atoms with Gasteiger partial charge in [-0.05, 0) is 20.8 Å². The van der Waals surface area contributed by atoms with Gasteiger partial charge >= 0.3 is 0 Å². The standard InChI is InChI=1S/C10H16N2O4S/c1-7-6-12(4-5-15-7)17(13,14)10-8(2)11-16-9(10)3/h7H,4-6H2,1-3H3. The van der Waals surface area contributed by atoms with Crippen LogP contribution in [0.3, 0.4) is 0 Å². The highest BCUT2D eigenvalue weighted by Gasteiger charge is 2.33. The third kappa shape index (κ3) is 2.22. The molecular weight excluding hydrogens is 244 g/mol. The molecule has 1 saturated heterocycles. The monoisotopic (exact) mass is 260 g/mol. The maximum Gasteiger partial charge on any atom is 0.248 e. The summed E-state index contributed by atoms with van der Waals surface area (Å²) in [5.74, 6) is 0.335. The molecule has 17 heavy (non-hydrogen) atoms. The van der Waals surface area contributed by atoms with Crippen molar-refractivity contribution in [2.75, 3.05) is 19.7 Å². The summed E-state index contributed by atoms with van der Waals surface area (Å²) >= 11 is 0. The van der Waals surface area contributed by atoms with E-state index in [2.05, 4.69) is 5.16 Å². The van der Waals surface area contributed by atoms with E-state index in [0.29, 0.717) is 31.2 Å². The van der Waals surface area contributed by atoms with E-state index in [1.54, 1.807) is 13.8 Å². The topological polar surface area (TPSA) is 72.6 Å².